The van der Waals surface area contributed by atoms with Crippen LogP contribution in [0.5, 0.6) is 0 Å². The summed E-state index contributed by atoms with van der Waals surface area (Å²) in [5.74, 6) is -0.0698. The molecule has 0 radical (unpaired) electrons. The third-order valence-corrected chi connectivity index (χ3v) is 4.80. The van der Waals surface area contributed by atoms with Gasteiger partial charge in [-0.15, -0.1) is 11.3 Å². The Labute approximate surface area is 129 Å². The molecule has 0 aliphatic heterocycles. The molecule has 1 N–H and O–H groups in total. The second kappa shape index (κ2) is 7.38. The number of aliphatic hydroxyl groups excluding tert-OH is 1. The standard InChI is InChI=1S/C17H21NO2S/c1-13(16-9-6-12-21-16)17(20)18(2)15(10-11-19)14-7-4-3-5-8-14/h3-9,12-13,15,19H,10-11H2,1-2H3. The predicted molar refractivity (Wildman–Crippen MR) is 86.4 cm³/mol. The molecule has 1 aromatic heterocycles. The number of carbonyl (C=O) groups excluding carboxylic acids is 1. The Morgan fingerprint density at radius 3 is 2.52 bits per heavy atom. The van der Waals surface area contributed by atoms with Crippen LogP contribution >= 0.6 is 11.3 Å². The zero-order valence-electron chi connectivity index (χ0n) is 12.4. The van der Waals surface area contributed by atoms with Gasteiger partial charge in [-0.05, 0) is 30.4 Å². The summed E-state index contributed by atoms with van der Waals surface area (Å²) in [5.41, 5.74) is 1.06. The van der Waals surface area contributed by atoms with Gasteiger partial charge in [-0.3, -0.25) is 4.79 Å². The summed E-state index contributed by atoms with van der Waals surface area (Å²) in [7, 11) is 1.82. The van der Waals surface area contributed by atoms with E-state index in [1.54, 1.807) is 16.2 Å². The van der Waals surface area contributed by atoms with Crippen molar-refractivity contribution >= 4 is 17.2 Å². The van der Waals surface area contributed by atoms with Crippen LogP contribution in [0.3, 0.4) is 0 Å². The van der Waals surface area contributed by atoms with Gasteiger partial charge < -0.3 is 10.0 Å². The van der Waals surface area contributed by atoms with Crippen molar-refractivity contribution in [1.29, 1.82) is 0 Å². The van der Waals surface area contributed by atoms with Crippen LogP contribution in [0.25, 0.3) is 0 Å². The highest BCUT2D eigenvalue weighted by Crippen LogP contribution is 2.28. The van der Waals surface area contributed by atoms with E-state index < -0.39 is 0 Å². The van der Waals surface area contributed by atoms with E-state index in [0.717, 1.165) is 10.4 Å². The van der Waals surface area contributed by atoms with Crippen molar-refractivity contribution in [2.45, 2.75) is 25.3 Å². The zero-order valence-corrected chi connectivity index (χ0v) is 13.2. The zero-order chi connectivity index (χ0) is 15.2. The number of rotatable bonds is 6. The molecule has 3 nitrogen and oxygen atoms in total. The molecule has 0 bridgehead atoms. The van der Waals surface area contributed by atoms with E-state index in [-0.39, 0.29) is 24.5 Å². The van der Waals surface area contributed by atoms with Gasteiger partial charge in [0.05, 0.1) is 12.0 Å². The molecule has 0 saturated carbocycles. The Morgan fingerprint density at radius 2 is 1.95 bits per heavy atom. The molecule has 1 heterocycles. The molecule has 112 valence electrons. The molecule has 0 aliphatic rings. The molecule has 1 aromatic carbocycles. The van der Waals surface area contributed by atoms with E-state index in [9.17, 15) is 9.90 Å². The fourth-order valence-corrected chi connectivity index (χ4v) is 3.28. The lowest BCUT2D eigenvalue weighted by Gasteiger charge is -2.30. The largest absolute Gasteiger partial charge is 0.396 e. The highest BCUT2D eigenvalue weighted by Gasteiger charge is 2.26. The number of benzene rings is 1. The first-order valence-electron chi connectivity index (χ1n) is 7.11. The SMILES string of the molecule is CC(C(=O)N(C)C(CCO)c1ccccc1)c1cccs1. The number of aliphatic hydroxyl groups is 1. The van der Waals surface area contributed by atoms with Crippen LogP contribution in [0.1, 0.15) is 35.7 Å². The van der Waals surface area contributed by atoms with Gasteiger partial charge in [-0.25, -0.2) is 0 Å². The number of hydrogen-bond donors (Lipinski definition) is 1. The molecule has 21 heavy (non-hydrogen) atoms. The number of amides is 1. The third-order valence-electron chi connectivity index (χ3n) is 3.74. The van der Waals surface area contributed by atoms with Crippen LogP contribution in [0, 0.1) is 0 Å². The van der Waals surface area contributed by atoms with Gasteiger partial charge in [0.15, 0.2) is 0 Å². The summed E-state index contributed by atoms with van der Waals surface area (Å²) in [6.45, 7) is 2.00. The normalized spacial score (nSPS) is 13.7. The smallest absolute Gasteiger partial charge is 0.230 e. The van der Waals surface area contributed by atoms with Crippen molar-refractivity contribution in [2.24, 2.45) is 0 Å². The first kappa shape index (κ1) is 15.7. The molecule has 1 amide bonds. The van der Waals surface area contributed by atoms with Gasteiger partial charge in [0, 0.05) is 18.5 Å². The van der Waals surface area contributed by atoms with E-state index in [0.29, 0.717) is 6.42 Å². The fraction of sp³-hybridized carbons (Fsp3) is 0.353. The lowest BCUT2D eigenvalue weighted by Crippen LogP contribution is -2.34. The van der Waals surface area contributed by atoms with Crippen molar-refractivity contribution in [3.63, 3.8) is 0 Å². The molecule has 0 aliphatic carbocycles. The van der Waals surface area contributed by atoms with Crippen LogP contribution in [-0.2, 0) is 4.79 Å². The number of likely N-dealkylation sites (N-methyl/N-ethyl adjacent to an activating group) is 1. The minimum atomic E-state index is -0.153. The monoisotopic (exact) mass is 303 g/mol. The van der Waals surface area contributed by atoms with Crippen LogP contribution in [0.15, 0.2) is 47.8 Å². The predicted octanol–water partition coefficient (Wildman–Crippen LogP) is 3.43. The quantitative estimate of drug-likeness (QED) is 0.888. The number of hydrogen-bond acceptors (Lipinski definition) is 3. The van der Waals surface area contributed by atoms with E-state index >= 15 is 0 Å². The summed E-state index contributed by atoms with van der Waals surface area (Å²) in [6, 6.07) is 13.7. The molecular weight excluding hydrogens is 282 g/mol. The molecule has 0 fully saturated rings. The molecule has 2 rings (SSSR count). The summed E-state index contributed by atoms with van der Waals surface area (Å²) in [4.78, 5) is 15.5. The lowest BCUT2D eigenvalue weighted by molar-refractivity contribution is -0.133. The average molecular weight is 303 g/mol. The highest BCUT2D eigenvalue weighted by molar-refractivity contribution is 7.10. The Kier molecular flexibility index (Phi) is 5.53. The Hall–Kier alpha value is -1.65. The summed E-state index contributed by atoms with van der Waals surface area (Å²) < 4.78 is 0. The number of thiophene rings is 1. The molecular formula is C17H21NO2S. The summed E-state index contributed by atoms with van der Waals surface area (Å²) in [6.07, 6.45) is 0.545. The second-order valence-electron chi connectivity index (χ2n) is 5.13. The third kappa shape index (κ3) is 3.71. The van der Waals surface area contributed by atoms with E-state index in [2.05, 4.69) is 0 Å². The van der Waals surface area contributed by atoms with Crippen LogP contribution in [0.2, 0.25) is 0 Å². The van der Waals surface area contributed by atoms with E-state index in [1.807, 2.05) is 61.8 Å². The maximum Gasteiger partial charge on any atom is 0.230 e. The summed E-state index contributed by atoms with van der Waals surface area (Å²) in [5, 5.41) is 11.3. The van der Waals surface area contributed by atoms with Gasteiger partial charge in [-0.2, -0.15) is 0 Å². The van der Waals surface area contributed by atoms with Gasteiger partial charge >= 0.3 is 0 Å². The average Bonchev–Trinajstić information content (AvgIpc) is 3.05. The highest BCUT2D eigenvalue weighted by atomic mass is 32.1. The van der Waals surface area contributed by atoms with Crippen molar-refractivity contribution in [3.05, 3.63) is 58.3 Å². The number of nitrogens with zero attached hydrogens (tertiary/aromatic N) is 1. The van der Waals surface area contributed by atoms with Gasteiger partial charge in [0.25, 0.3) is 0 Å². The summed E-state index contributed by atoms with van der Waals surface area (Å²) >= 11 is 1.60. The fourth-order valence-electron chi connectivity index (χ4n) is 2.50. The van der Waals surface area contributed by atoms with Crippen molar-refractivity contribution in [1.82, 2.24) is 4.90 Å². The van der Waals surface area contributed by atoms with Crippen molar-refractivity contribution in [2.75, 3.05) is 13.7 Å². The van der Waals surface area contributed by atoms with Crippen LogP contribution < -0.4 is 0 Å². The first-order valence-corrected chi connectivity index (χ1v) is 7.99. The first-order chi connectivity index (χ1) is 10.1. The van der Waals surface area contributed by atoms with Crippen LogP contribution in [0.4, 0.5) is 0 Å². The lowest BCUT2D eigenvalue weighted by atomic mass is 10.0. The molecule has 0 spiro atoms. The van der Waals surface area contributed by atoms with E-state index in [4.69, 9.17) is 0 Å². The topological polar surface area (TPSA) is 40.5 Å². The molecule has 0 saturated heterocycles. The second-order valence-corrected chi connectivity index (χ2v) is 6.10. The van der Waals surface area contributed by atoms with Gasteiger partial charge in [0.1, 0.15) is 0 Å². The molecule has 2 unspecified atom stereocenters. The maximum absolute atomic E-state index is 12.7. The Balaban J connectivity index is 2.18. The minimum absolute atomic E-state index is 0.0601. The van der Waals surface area contributed by atoms with Crippen molar-refractivity contribution in [3.8, 4) is 0 Å². The molecule has 4 heteroatoms. The number of carbonyl (C=O) groups is 1. The molecule has 2 atom stereocenters. The Morgan fingerprint density at radius 1 is 1.24 bits per heavy atom. The van der Waals surface area contributed by atoms with Gasteiger partial charge in [0.2, 0.25) is 5.91 Å². The maximum atomic E-state index is 12.7. The van der Waals surface area contributed by atoms with E-state index in [1.165, 1.54) is 0 Å². The Bertz CT molecular complexity index is 553. The van der Waals surface area contributed by atoms with Crippen LogP contribution in [-0.4, -0.2) is 29.6 Å². The van der Waals surface area contributed by atoms with Gasteiger partial charge in [-0.1, -0.05) is 36.4 Å². The minimum Gasteiger partial charge on any atom is -0.396 e. The molecule has 2 aromatic rings. The van der Waals surface area contributed by atoms with Crippen molar-refractivity contribution < 1.29 is 9.90 Å².